The fraction of sp³-hybridized carbons (Fsp3) is 0.333. The molecule has 0 atom stereocenters. The third-order valence-corrected chi connectivity index (χ3v) is 2.20. The van der Waals surface area contributed by atoms with Crippen molar-refractivity contribution in [3.05, 3.63) is 33.8 Å². The van der Waals surface area contributed by atoms with Gasteiger partial charge in [-0.05, 0) is 30.2 Å². The lowest BCUT2D eigenvalue weighted by Gasteiger charge is -1.99. The van der Waals surface area contributed by atoms with Crippen LogP contribution >= 0.6 is 23.2 Å². The number of hydrogen-bond acceptors (Lipinski definition) is 0. The van der Waals surface area contributed by atoms with Crippen molar-refractivity contribution in [2.24, 2.45) is 0 Å². The van der Waals surface area contributed by atoms with Gasteiger partial charge >= 0.3 is 0 Å². The first-order valence-electron chi connectivity index (χ1n) is 4.63. The van der Waals surface area contributed by atoms with Gasteiger partial charge in [-0.25, -0.2) is 0 Å². The van der Waals surface area contributed by atoms with Crippen molar-refractivity contribution >= 4 is 23.2 Å². The Morgan fingerprint density at radius 1 is 1.07 bits per heavy atom. The third kappa shape index (κ3) is 4.05. The van der Waals surface area contributed by atoms with Gasteiger partial charge in [0, 0.05) is 22.9 Å². The predicted molar refractivity (Wildman–Crippen MR) is 62.9 cm³/mol. The molecule has 0 aliphatic heterocycles. The van der Waals surface area contributed by atoms with Crippen LogP contribution < -0.4 is 0 Å². The molecule has 0 saturated carbocycles. The van der Waals surface area contributed by atoms with Crippen molar-refractivity contribution in [2.45, 2.75) is 26.2 Å². The molecule has 0 N–H and O–H groups in total. The molecule has 1 aromatic carbocycles. The highest BCUT2D eigenvalue weighted by Crippen LogP contribution is 2.19. The number of aryl methyl sites for hydroxylation is 1. The van der Waals surface area contributed by atoms with Crippen molar-refractivity contribution in [3.8, 4) is 11.8 Å². The van der Waals surface area contributed by atoms with Gasteiger partial charge in [-0.15, -0.1) is 11.8 Å². The van der Waals surface area contributed by atoms with E-state index in [1.165, 1.54) is 0 Å². The van der Waals surface area contributed by atoms with Crippen LogP contribution in [0.2, 0.25) is 10.0 Å². The molecule has 0 fully saturated rings. The Bertz CT molecular complexity index is 338. The zero-order chi connectivity index (χ0) is 10.4. The Kier molecular flexibility index (Phi) is 4.87. The lowest BCUT2D eigenvalue weighted by atomic mass is 10.1. The van der Waals surface area contributed by atoms with Gasteiger partial charge in [-0.2, -0.15) is 0 Å². The SMILES string of the molecule is CCC#CCCc1cc(Cl)cc(Cl)c1. The molecule has 74 valence electrons. The summed E-state index contributed by atoms with van der Waals surface area (Å²) in [6.45, 7) is 2.04. The standard InChI is InChI=1S/C12H12Cl2/c1-2-3-4-5-6-10-7-11(13)9-12(14)8-10/h7-9H,2,5-6H2,1H3. The van der Waals surface area contributed by atoms with Crippen LogP contribution in [-0.4, -0.2) is 0 Å². The summed E-state index contributed by atoms with van der Waals surface area (Å²) >= 11 is 11.7. The van der Waals surface area contributed by atoms with Crippen molar-refractivity contribution in [3.63, 3.8) is 0 Å². The van der Waals surface area contributed by atoms with Gasteiger partial charge in [-0.1, -0.05) is 30.1 Å². The van der Waals surface area contributed by atoms with Crippen LogP contribution in [0.1, 0.15) is 25.3 Å². The molecule has 0 aliphatic carbocycles. The van der Waals surface area contributed by atoms with E-state index in [1.807, 2.05) is 19.1 Å². The highest BCUT2D eigenvalue weighted by atomic mass is 35.5. The summed E-state index contributed by atoms with van der Waals surface area (Å²) in [5.74, 6) is 6.12. The second-order valence-corrected chi connectivity index (χ2v) is 3.86. The van der Waals surface area contributed by atoms with Crippen LogP contribution in [0.15, 0.2) is 18.2 Å². The van der Waals surface area contributed by atoms with Crippen LogP contribution in [0.3, 0.4) is 0 Å². The van der Waals surface area contributed by atoms with E-state index in [0.717, 1.165) is 24.8 Å². The van der Waals surface area contributed by atoms with Crippen molar-refractivity contribution < 1.29 is 0 Å². The van der Waals surface area contributed by atoms with Crippen molar-refractivity contribution in [1.82, 2.24) is 0 Å². The maximum absolute atomic E-state index is 5.87. The summed E-state index contributed by atoms with van der Waals surface area (Å²) in [7, 11) is 0. The van der Waals surface area contributed by atoms with E-state index in [1.54, 1.807) is 6.07 Å². The molecule has 1 aromatic rings. The average Bonchev–Trinajstić information content (AvgIpc) is 2.11. The minimum atomic E-state index is 0.691. The summed E-state index contributed by atoms with van der Waals surface area (Å²) in [6, 6.07) is 5.60. The Morgan fingerprint density at radius 2 is 1.71 bits per heavy atom. The molecule has 0 amide bonds. The van der Waals surface area contributed by atoms with E-state index in [2.05, 4.69) is 11.8 Å². The lowest BCUT2D eigenvalue weighted by Crippen LogP contribution is -1.83. The minimum Gasteiger partial charge on any atom is -0.104 e. The number of benzene rings is 1. The first-order valence-corrected chi connectivity index (χ1v) is 5.38. The molecule has 0 spiro atoms. The molecule has 1 rings (SSSR count). The van der Waals surface area contributed by atoms with E-state index in [0.29, 0.717) is 10.0 Å². The van der Waals surface area contributed by atoms with E-state index in [-0.39, 0.29) is 0 Å². The average molecular weight is 227 g/mol. The van der Waals surface area contributed by atoms with Gasteiger partial charge in [0.05, 0.1) is 0 Å². The lowest BCUT2D eigenvalue weighted by molar-refractivity contribution is 1.03. The van der Waals surface area contributed by atoms with Gasteiger partial charge in [0.1, 0.15) is 0 Å². The highest BCUT2D eigenvalue weighted by molar-refractivity contribution is 6.34. The molecule has 0 unspecified atom stereocenters. The summed E-state index contributed by atoms with van der Waals surface area (Å²) in [4.78, 5) is 0. The quantitative estimate of drug-likeness (QED) is 0.659. The maximum Gasteiger partial charge on any atom is 0.0423 e. The fourth-order valence-corrected chi connectivity index (χ4v) is 1.75. The second kappa shape index (κ2) is 5.96. The van der Waals surface area contributed by atoms with Crippen LogP contribution in [0.25, 0.3) is 0 Å². The first kappa shape index (κ1) is 11.4. The Morgan fingerprint density at radius 3 is 2.29 bits per heavy atom. The topological polar surface area (TPSA) is 0 Å². The van der Waals surface area contributed by atoms with Crippen LogP contribution in [0, 0.1) is 11.8 Å². The van der Waals surface area contributed by atoms with E-state index >= 15 is 0 Å². The normalized spacial score (nSPS) is 9.36. The van der Waals surface area contributed by atoms with E-state index in [9.17, 15) is 0 Å². The fourth-order valence-electron chi connectivity index (χ4n) is 1.18. The molecule has 0 nitrogen and oxygen atoms in total. The molecule has 0 aromatic heterocycles. The second-order valence-electron chi connectivity index (χ2n) is 2.98. The van der Waals surface area contributed by atoms with Crippen LogP contribution in [0.5, 0.6) is 0 Å². The summed E-state index contributed by atoms with van der Waals surface area (Å²) in [6.07, 6.45) is 2.69. The Balaban J connectivity index is 2.58. The summed E-state index contributed by atoms with van der Waals surface area (Å²) < 4.78 is 0. The van der Waals surface area contributed by atoms with Gasteiger partial charge in [-0.3, -0.25) is 0 Å². The number of halogens is 2. The summed E-state index contributed by atoms with van der Waals surface area (Å²) in [5, 5.41) is 1.38. The largest absolute Gasteiger partial charge is 0.104 e. The third-order valence-electron chi connectivity index (χ3n) is 1.76. The van der Waals surface area contributed by atoms with Gasteiger partial charge < -0.3 is 0 Å². The molecule has 0 saturated heterocycles. The van der Waals surface area contributed by atoms with Crippen molar-refractivity contribution in [1.29, 1.82) is 0 Å². The smallest absolute Gasteiger partial charge is 0.0423 e. The minimum absolute atomic E-state index is 0.691. The first-order chi connectivity index (χ1) is 6.72. The Labute approximate surface area is 95.2 Å². The highest BCUT2D eigenvalue weighted by Gasteiger charge is 1.96. The number of hydrogen-bond donors (Lipinski definition) is 0. The van der Waals surface area contributed by atoms with Gasteiger partial charge in [0.2, 0.25) is 0 Å². The summed E-state index contributed by atoms with van der Waals surface area (Å²) in [5.41, 5.74) is 1.15. The van der Waals surface area contributed by atoms with Gasteiger partial charge in [0.25, 0.3) is 0 Å². The van der Waals surface area contributed by atoms with Crippen LogP contribution in [0.4, 0.5) is 0 Å². The molecule has 0 aliphatic rings. The number of rotatable bonds is 2. The predicted octanol–water partition coefficient (Wildman–Crippen LogP) is 4.34. The zero-order valence-electron chi connectivity index (χ0n) is 8.11. The van der Waals surface area contributed by atoms with Gasteiger partial charge in [0.15, 0.2) is 0 Å². The molecule has 0 heterocycles. The molecule has 2 heteroatoms. The van der Waals surface area contributed by atoms with Crippen LogP contribution in [-0.2, 0) is 6.42 Å². The molecular formula is C12H12Cl2. The monoisotopic (exact) mass is 226 g/mol. The molecular weight excluding hydrogens is 215 g/mol. The van der Waals surface area contributed by atoms with Crippen molar-refractivity contribution in [2.75, 3.05) is 0 Å². The maximum atomic E-state index is 5.87. The molecule has 14 heavy (non-hydrogen) atoms. The Hall–Kier alpha value is -0.640. The molecule has 0 bridgehead atoms. The van der Waals surface area contributed by atoms with E-state index in [4.69, 9.17) is 23.2 Å². The van der Waals surface area contributed by atoms with E-state index < -0.39 is 0 Å². The zero-order valence-corrected chi connectivity index (χ0v) is 9.62. The molecule has 0 radical (unpaired) electrons.